The van der Waals surface area contributed by atoms with Crippen molar-refractivity contribution in [1.82, 2.24) is 19.5 Å². The number of nitrogens with zero attached hydrogens (tertiary/aromatic N) is 4. The third-order valence-electron chi connectivity index (χ3n) is 2.75. The minimum Gasteiger partial charge on any atom is -0.308 e. The van der Waals surface area contributed by atoms with Crippen molar-refractivity contribution in [3.8, 4) is 5.82 Å². The van der Waals surface area contributed by atoms with Crippen molar-refractivity contribution >= 4 is 17.5 Å². The number of hydrogen-bond acceptors (Lipinski definition) is 4. The highest BCUT2D eigenvalue weighted by Gasteiger charge is 2.06. The summed E-state index contributed by atoms with van der Waals surface area (Å²) in [6.07, 6.45) is 6.25. The van der Waals surface area contributed by atoms with Crippen molar-refractivity contribution in [2.45, 2.75) is 0 Å². The Morgan fingerprint density at radius 2 is 2.09 bits per heavy atom. The molecule has 0 radical (unpaired) electrons. The second-order valence-electron chi connectivity index (χ2n) is 4.32. The van der Waals surface area contributed by atoms with Gasteiger partial charge in [0, 0.05) is 24.1 Å². The molecule has 2 heterocycles. The van der Waals surface area contributed by atoms with Gasteiger partial charge in [0.05, 0.1) is 0 Å². The van der Waals surface area contributed by atoms with E-state index in [0.717, 1.165) is 0 Å². The first-order chi connectivity index (χ1) is 10.7. The van der Waals surface area contributed by atoms with Gasteiger partial charge >= 0.3 is 6.03 Å². The molecule has 7 nitrogen and oxygen atoms in total. The van der Waals surface area contributed by atoms with Crippen LogP contribution in [0, 0.1) is 5.82 Å². The van der Waals surface area contributed by atoms with Gasteiger partial charge in [-0.05, 0) is 18.2 Å². The van der Waals surface area contributed by atoms with E-state index in [1.165, 1.54) is 24.5 Å². The van der Waals surface area contributed by atoms with Gasteiger partial charge in [-0.15, -0.1) is 0 Å². The summed E-state index contributed by atoms with van der Waals surface area (Å²) in [6.45, 7) is 0. The second-order valence-corrected chi connectivity index (χ2v) is 4.32. The lowest BCUT2D eigenvalue weighted by molar-refractivity contribution is 0.262. The van der Waals surface area contributed by atoms with Crippen LogP contribution in [0.1, 0.15) is 0 Å². The molecule has 2 amide bonds. The van der Waals surface area contributed by atoms with E-state index in [1.807, 2.05) is 0 Å². The number of carbonyl (C=O) groups is 1. The van der Waals surface area contributed by atoms with Crippen LogP contribution in [0.4, 0.5) is 20.7 Å². The molecule has 0 spiro atoms. The van der Waals surface area contributed by atoms with Crippen LogP contribution in [0.3, 0.4) is 0 Å². The highest BCUT2D eigenvalue weighted by Crippen LogP contribution is 2.11. The molecular formula is C14H11FN6O. The largest absolute Gasteiger partial charge is 0.324 e. The van der Waals surface area contributed by atoms with Crippen LogP contribution in [-0.2, 0) is 0 Å². The summed E-state index contributed by atoms with van der Waals surface area (Å²) in [4.78, 5) is 23.8. The molecule has 0 unspecified atom stereocenters. The van der Waals surface area contributed by atoms with E-state index in [2.05, 4.69) is 25.6 Å². The first-order valence-corrected chi connectivity index (χ1v) is 6.35. The van der Waals surface area contributed by atoms with Gasteiger partial charge in [0.2, 0.25) is 0 Å². The molecule has 8 heteroatoms. The van der Waals surface area contributed by atoms with Gasteiger partial charge in [0.15, 0.2) is 0 Å². The molecule has 3 aromatic rings. The molecule has 22 heavy (non-hydrogen) atoms. The Balaban J connectivity index is 1.70. The predicted octanol–water partition coefficient (Wildman–Crippen LogP) is 2.45. The van der Waals surface area contributed by atoms with Crippen LogP contribution < -0.4 is 10.6 Å². The van der Waals surface area contributed by atoms with Crippen molar-refractivity contribution in [2.75, 3.05) is 10.6 Å². The second kappa shape index (κ2) is 6.00. The molecule has 0 fully saturated rings. The Kier molecular flexibility index (Phi) is 3.73. The molecular weight excluding hydrogens is 287 g/mol. The molecule has 0 aliphatic carbocycles. The monoisotopic (exact) mass is 298 g/mol. The van der Waals surface area contributed by atoms with E-state index in [0.29, 0.717) is 17.3 Å². The predicted molar refractivity (Wildman–Crippen MR) is 78.2 cm³/mol. The van der Waals surface area contributed by atoms with Gasteiger partial charge in [-0.3, -0.25) is 9.88 Å². The van der Waals surface area contributed by atoms with Gasteiger partial charge < -0.3 is 5.32 Å². The molecule has 0 saturated heterocycles. The fourth-order valence-corrected chi connectivity index (χ4v) is 1.80. The topological polar surface area (TPSA) is 84.7 Å². The average Bonchev–Trinajstić information content (AvgIpc) is 3.01. The quantitative estimate of drug-likeness (QED) is 0.777. The van der Waals surface area contributed by atoms with E-state index in [-0.39, 0.29) is 0 Å². The number of aromatic nitrogens is 4. The lowest BCUT2D eigenvalue weighted by Crippen LogP contribution is -2.20. The van der Waals surface area contributed by atoms with Crippen molar-refractivity contribution in [1.29, 1.82) is 0 Å². The summed E-state index contributed by atoms with van der Waals surface area (Å²) >= 11 is 0. The SMILES string of the molecule is O=C(Nc1cccc(F)c1)Nc1cc(-n2ccnc2)ncn1. The maximum Gasteiger partial charge on any atom is 0.324 e. The molecule has 0 saturated carbocycles. The van der Waals surface area contributed by atoms with E-state index in [1.54, 1.807) is 35.4 Å². The summed E-state index contributed by atoms with van der Waals surface area (Å²) < 4.78 is 14.7. The number of imidazole rings is 1. The molecule has 0 aliphatic rings. The van der Waals surface area contributed by atoms with Gasteiger partial charge in [-0.25, -0.2) is 24.1 Å². The third-order valence-corrected chi connectivity index (χ3v) is 2.75. The number of nitrogens with one attached hydrogen (secondary N) is 2. The smallest absolute Gasteiger partial charge is 0.308 e. The molecule has 110 valence electrons. The van der Waals surface area contributed by atoms with Gasteiger partial charge in [0.25, 0.3) is 0 Å². The van der Waals surface area contributed by atoms with Crippen LogP contribution in [0.25, 0.3) is 5.82 Å². The molecule has 2 aromatic heterocycles. The Labute approximate surface area is 124 Å². The lowest BCUT2D eigenvalue weighted by Gasteiger charge is -2.08. The van der Waals surface area contributed by atoms with E-state index in [4.69, 9.17) is 0 Å². The molecule has 1 aromatic carbocycles. The fourth-order valence-electron chi connectivity index (χ4n) is 1.80. The Morgan fingerprint density at radius 3 is 2.86 bits per heavy atom. The summed E-state index contributed by atoms with van der Waals surface area (Å²) in [5.41, 5.74) is 0.349. The number of rotatable bonds is 3. The van der Waals surface area contributed by atoms with Crippen molar-refractivity contribution in [3.63, 3.8) is 0 Å². The molecule has 0 aliphatic heterocycles. The van der Waals surface area contributed by atoms with E-state index < -0.39 is 11.8 Å². The zero-order chi connectivity index (χ0) is 15.4. The van der Waals surface area contributed by atoms with E-state index in [9.17, 15) is 9.18 Å². The Morgan fingerprint density at radius 1 is 1.18 bits per heavy atom. The lowest BCUT2D eigenvalue weighted by atomic mass is 10.3. The molecule has 0 bridgehead atoms. The highest BCUT2D eigenvalue weighted by atomic mass is 19.1. The minimum atomic E-state index is -0.527. The van der Waals surface area contributed by atoms with Crippen LogP contribution in [0.15, 0.2) is 55.4 Å². The Bertz CT molecular complexity index is 790. The van der Waals surface area contributed by atoms with Gasteiger partial charge in [-0.2, -0.15) is 0 Å². The number of urea groups is 1. The summed E-state index contributed by atoms with van der Waals surface area (Å²) in [5.74, 6) is 0.448. The van der Waals surface area contributed by atoms with Crippen LogP contribution in [0.5, 0.6) is 0 Å². The van der Waals surface area contributed by atoms with Crippen LogP contribution in [0.2, 0.25) is 0 Å². The number of halogens is 1. The number of benzene rings is 1. The number of anilines is 2. The highest BCUT2D eigenvalue weighted by molar-refractivity contribution is 5.99. The van der Waals surface area contributed by atoms with Crippen molar-refractivity contribution in [3.05, 3.63) is 61.2 Å². The summed E-state index contributed by atoms with van der Waals surface area (Å²) in [6, 6.07) is 6.67. The fraction of sp³-hybridized carbons (Fsp3) is 0. The summed E-state index contributed by atoms with van der Waals surface area (Å²) in [5, 5.41) is 5.07. The van der Waals surface area contributed by atoms with Crippen LogP contribution >= 0.6 is 0 Å². The van der Waals surface area contributed by atoms with Crippen molar-refractivity contribution in [2.24, 2.45) is 0 Å². The Hall–Kier alpha value is -3.29. The maximum absolute atomic E-state index is 13.1. The molecule has 2 N–H and O–H groups in total. The zero-order valence-electron chi connectivity index (χ0n) is 11.3. The number of carbonyl (C=O) groups excluding carboxylic acids is 1. The average molecular weight is 298 g/mol. The molecule has 3 rings (SSSR count). The van der Waals surface area contributed by atoms with Crippen LogP contribution in [-0.4, -0.2) is 25.6 Å². The third kappa shape index (κ3) is 3.23. The normalized spacial score (nSPS) is 10.2. The first-order valence-electron chi connectivity index (χ1n) is 6.35. The molecule has 0 atom stereocenters. The van der Waals surface area contributed by atoms with E-state index >= 15 is 0 Å². The first kappa shape index (κ1) is 13.7. The maximum atomic E-state index is 13.1. The van der Waals surface area contributed by atoms with Crippen molar-refractivity contribution < 1.29 is 9.18 Å². The summed E-state index contributed by atoms with van der Waals surface area (Å²) in [7, 11) is 0. The zero-order valence-corrected chi connectivity index (χ0v) is 11.3. The number of amides is 2. The number of hydrogen-bond donors (Lipinski definition) is 2. The van der Waals surface area contributed by atoms with Gasteiger partial charge in [-0.1, -0.05) is 6.07 Å². The van der Waals surface area contributed by atoms with Gasteiger partial charge in [0.1, 0.15) is 30.1 Å². The standard InChI is InChI=1S/C14H11FN6O/c15-10-2-1-3-11(6-10)19-14(22)20-12-7-13(18-8-17-12)21-5-4-16-9-21/h1-9H,(H2,17,18,19,20,22). The minimum absolute atomic E-state index is 0.313.